The Balaban J connectivity index is 1.40. The first kappa shape index (κ1) is 41.8. The van der Waals surface area contributed by atoms with Gasteiger partial charge in [-0.3, -0.25) is 0 Å². The van der Waals surface area contributed by atoms with Crippen molar-refractivity contribution in [3.8, 4) is 33.4 Å². The van der Waals surface area contributed by atoms with E-state index in [0.717, 1.165) is 11.2 Å². The summed E-state index contributed by atoms with van der Waals surface area (Å²) in [6, 6.07) is 18.4. The van der Waals surface area contributed by atoms with Gasteiger partial charge in [-0.25, -0.2) is 0 Å². The number of hydrogen-bond donors (Lipinski definition) is 0. The van der Waals surface area contributed by atoms with E-state index in [1.807, 2.05) is 0 Å². The van der Waals surface area contributed by atoms with Gasteiger partial charge in [0.1, 0.15) is 152 Å². The Bertz CT molecular complexity index is 3420. The minimum atomic E-state index is 1.01. The first-order valence-electron chi connectivity index (χ1n) is 22.3. The van der Waals surface area contributed by atoms with Crippen LogP contribution >= 0.6 is 0 Å². The highest BCUT2D eigenvalue weighted by Gasteiger charge is 2.28. The van der Waals surface area contributed by atoms with Gasteiger partial charge in [0, 0.05) is 10.8 Å². The summed E-state index contributed by atoms with van der Waals surface area (Å²) in [6.45, 7) is 0. The number of furan rings is 1. The molecule has 0 saturated heterocycles. The van der Waals surface area contributed by atoms with E-state index in [2.05, 4.69) is 190 Å². The molecule has 1 nitrogen and oxygen atoms in total. The molecule has 0 aliphatic rings. The van der Waals surface area contributed by atoms with E-state index in [0.29, 0.717) is 0 Å². The molecule has 0 spiro atoms. The van der Waals surface area contributed by atoms with Gasteiger partial charge in [0.2, 0.25) is 0 Å². The molecule has 0 aliphatic heterocycles. The fraction of sp³-hybridized carbons (Fsp3) is 0. The molecule has 0 atom stereocenters. The summed E-state index contributed by atoms with van der Waals surface area (Å²) >= 11 is 0. The van der Waals surface area contributed by atoms with Crippen molar-refractivity contribution in [2.24, 2.45) is 0 Å². The van der Waals surface area contributed by atoms with Gasteiger partial charge in [-0.1, -0.05) is 120 Å². The predicted octanol–water partition coefficient (Wildman–Crippen LogP) is -19.3. The molecule has 61 heavy (non-hydrogen) atoms. The third-order valence-electron chi connectivity index (χ3n) is 16.5. The molecular weight excluding hydrogens is 715 g/mol. The van der Waals surface area contributed by atoms with E-state index in [1.165, 1.54) is 175 Å². The van der Waals surface area contributed by atoms with E-state index >= 15 is 0 Å². The second kappa shape index (κ2) is 14.5. The number of benzene rings is 8. The Morgan fingerprint density at radius 2 is 0.475 bits per heavy atom. The molecule has 1 heterocycles. The lowest BCUT2D eigenvalue weighted by Gasteiger charge is -2.30. The van der Waals surface area contributed by atoms with Crippen LogP contribution in [-0.2, 0) is 0 Å². The average Bonchev–Trinajstić information content (AvgIpc) is 3.66. The number of hydrogen-bond acceptors (Lipinski definition) is 1. The maximum Gasteiger partial charge on any atom is 0.145 e. The summed E-state index contributed by atoms with van der Waals surface area (Å²) in [7, 11) is 41.8. The maximum absolute atomic E-state index is 7.03. The van der Waals surface area contributed by atoms with Crippen LogP contribution in [0.5, 0.6) is 0 Å². The molecule has 8 aromatic carbocycles. The Kier molecular flexibility index (Phi) is 9.97. The SMILES string of the molecule is Bc1c(B)c(-c2c(B)c(B)c(B)c3c(B)c(B)c(B)c(B)c23)c(B)c(B)c1-c1c2ccccc2c(-c2c(B)c(B)c3c(oc4c(B)c(B)c(B)c(B)c43)c2B)c2ccccc12. The molecule has 9 rings (SSSR count). The highest BCUT2D eigenvalue weighted by atomic mass is 16.3. The van der Waals surface area contributed by atoms with Gasteiger partial charge in [0.25, 0.3) is 0 Å². The largest absolute Gasteiger partial charge is 0.457 e. The first-order chi connectivity index (χ1) is 28.8. The highest BCUT2D eigenvalue weighted by molar-refractivity contribution is 6.74. The van der Waals surface area contributed by atoms with Crippen LogP contribution in [0.4, 0.5) is 0 Å². The number of fused-ring (bicyclic) bond motifs is 6. The summed E-state index contributed by atoms with van der Waals surface area (Å²) in [5, 5.41) is 10.5. The van der Waals surface area contributed by atoms with Crippen LogP contribution in [-0.4, -0.2) is 141 Å². The van der Waals surface area contributed by atoms with Crippen LogP contribution in [0.3, 0.4) is 0 Å². The van der Waals surface area contributed by atoms with E-state index in [9.17, 15) is 0 Å². The minimum Gasteiger partial charge on any atom is -0.457 e. The van der Waals surface area contributed by atoms with Crippen molar-refractivity contribution in [3.05, 3.63) is 48.5 Å². The lowest BCUT2D eigenvalue weighted by molar-refractivity contribution is 0.675. The molecule has 0 aliphatic carbocycles. The van der Waals surface area contributed by atoms with Crippen LogP contribution in [0.1, 0.15) is 0 Å². The monoisotopic (exact) mass is 763 g/mol. The molecule has 0 N–H and O–H groups in total. The van der Waals surface area contributed by atoms with Crippen molar-refractivity contribution >= 4 is 294 Å². The molecule has 0 fully saturated rings. The summed E-state index contributed by atoms with van der Waals surface area (Å²) in [6.07, 6.45) is 0. The Morgan fingerprint density at radius 1 is 0.213 bits per heavy atom. The normalized spacial score (nSPS) is 11.8. The molecule has 0 bridgehead atoms. The van der Waals surface area contributed by atoms with Gasteiger partial charge in [0.15, 0.2) is 0 Å². The van der Waals surface area contributed by atoms with E-state index in [1.54, 1.807) is 0 Å². The third kappa shape index (κ3) is 5.53. The quantitative estimate of drug-likeness (QED) is 0.129. The van der Waals surface area contributed by atoms with Gasteiger partial charge >= 0.3 is 0 Å². The van der Waals surface area contributed by atoms with Gasteiger partial charge in [-0.15, -0.1) is 21.9 Å². The van der Waals surface area contributed by atoms with Crippen LogP contribution in [0.2, 0.25) is 0 Å². The number of rotatable bonds is 3. The lowest BCUT2D eigenvalue weighted by atomic mass is 9.56. The lowest BCUT2D eigenvalue weighted by Crippen LogP contribution is -2.53. The zero-order valence-electron chi connectivity index (χ0n) is 40.0. The third-order valence-corrected chi connectivity index (χ3v) is 16.5. The van der Waals surface area contributed by atoms with Gasteiger partial charge in [-0.2, -0.15) is 0 Å². The molecule has 9 aromatic rings. The second-order valence-electron chi connectivity index (χ2n) is 18.9. The Labute approximate surface area is 378 Å². The van der Waals surface area contributed by atoms with Gasteiger partial charge < -0.3 is 4.42 Å². The van der Waals surface area contributed by atoms with Crippen molar-refractivity contribution in [2.75, 3.05) is 0 Å². The summed E-state index contributed by atoms with van der Waals surface area (Å²) in [5.41, 5.74) is 34.5. The van der Waals surface area contributed by atoms with E-state index in [4.69, 9.17) is 4.42 Å². The molecule has 1 aromatic heterocycles. The van der Waals surface area contributed by atoms with Crippen molar-refractivity contribution in [1.29, 1.82) is 0 Å². The van der Waals surface area contributed by atoms with Crippen molar-refractivity contribution in [3.63, 3.8) is 0 Å². The maximum atomic E-state index is 7.03. The van der Waals surface area contributed by atoms with E-state index < -0.39 is 0 Å². The van der Waals surface area contributed by atoms with Gasteiger partial charge in [-0.05, 0) is 71.2 Å². The van der Waals surface area contributed by atoms with Crippen molar-refractivity contribution in [2.45, 2.75) is 0 Å². The second-order valence-corrected chi connectivity index (χ2v) is 18.9. The predicted molar refractivity (Wildman–Crippen MR) is 330 cm³/mol. The molecule has 0 radical (unpaired) electrons. The first-order valence-corrected chi connectivity index (χ1v) is 22.3. The average molecular weight is 759 g/mol. The molecular formula is C42H44B18O. The van der Waals surface area contributed by atoms with Crippen LogP contribution in [0, 0.1) is 0 Å². The van der Waals surface area contributed by atoms with Gasteiger partial charge in [0.05, 0.1) is 0 Å². The molecule has 19 heteroatoms. The van der Waals surface area contributed by atoms with Crippen molar-refractivity contribution < 1.29 is 4.42 Å². The molecule has 0 unspecified atom stereocenters. The molecule has 0 amide bonds. The smallest absolute Gasteiger partial charge is 0.145 e. The summed E-state index contributed by atoms with van der Waals surface area (Å²) in [4.78, 5) is 0. The fourth-order valence-corrected chi connectivity index (χ4v) is 11.7. The zero-order valence-corrected chi connectivity index (χ0v) is 40.0. The van der Waals surface area contributed by atoms with Crippen LogP contribution in [0.25, 0.3) is 87.6 Å². The Hall–Kier alpha value is -4.49. The molecule has 272 valence electrons. The highest BCUT2D eigenvalue weighted by Crippen LogP contribution is 2.42. The van der Waals surface area contributed by atoms with Crippen LogP contribution < -0.4 is 98.3 Å². The minimum absolute atomic E-state index is 1.01. The topological polar surface area (TPSA) is 13.1 Å². The summed E-state index contributed by atoms with van der Waals surface area (Å²) in [5.74, 6) is 0. The summed E-state index contributed by atoms with van der Waals surface area (Å²) < 4.78 is 7.03. The fourth-order valence-electron chi connectivity index (χ4n) is 11.7. The molecule has 0 saturated carbocycles. The Morgan fingerprint density at radius 3 is 0.902 bits per heavy atom. The van der Waals surface area contributed by atoms with Crippen LogP contribution in [0.15, 0.2) is 52.9 Å². The standard InChI is InChI=1S/C42H44B18O/c43-23-15(16-20(30(50)35(23)55)31(51)37(57)36(56)24(16)44)19-28(48)25(45)17(26(46)29(19)49)13-9-5-1-3-7-11(9)14(12-8-4-2-6-10(12)13)18-27(47)32(52)21-22-33(53)38(58)39(59)40(60)42(22)61-41(21)34(18)54/h1-8H,43-60H2. The van der Waals surface area contributed by atoms with Crippen molar-refractivity contribution in [1.82, 2.24) is 0 Å². The zero-order chi connectivity index (χ0) is 44.0. The van der Waals surface area contributed by atoms with E-state index in [-0.39, 0.29) is 0 Å².